The zero-order valence-electron chi connectivity index (χ0n) is 10.8. The molecule has 5 heteroatoms. The Morgan fingerprint density at radius 1 is 1.26 bits per heavy atom. The number of carbonyl (C=O) groups excluding carboxylic acids is 1. The molecule has 4 nitrogen and oxygen atoms in total. The van der Waals surface area contributed by atoms with Gasteiger partial charge in [-0.2, -0.15) is 0 Å². The Morgan fingerprint density at radius 2 is 1.89 bits per heavy atom. The minimum Gasteiger partial charge on any atom is -0.389 e. The maximum Gasteiger partial charge on any atom is 0.238 e. The first-order chi connectivity index (χ1) is 9.07. The molecule has 0 saturated heterocycles. The molecule has 19 heavy (non-hydrogen) atoms. The van der Waals surface area contributed by atoms with Crippen LogP contribution >= 0.6 is 11.6 Å². The van der Waals surface area contributed by atoms with Crippen LogP contribution < -0.4 is 10.6 Å². The normalized spacial score (nSPS) is 17.4. The van der Waals surface area contributed by atoms with Gasteiger partial charge >= 0.3 is 0 Å². The number of carbonyl (C=O) groups is 1. The molecule has 1 aromatic rings. The molecule has 0 atom stereocenters. The van der Waals surface area contributed by atoms with Crippen LogP contribution in [0.5, 0.6) is 0 Å². The van der Waals surface area contributed by atoms with Crippen molar-refractivity contribution in [3.05, 3.63) is 29.3 Å². The number of anilines is 1. The SMILES string of the molecule is O=C(CNCC1(O)CCCC1)Nc1ccc(Cl)cc1. The molecule has 2 rings (SSSR count). The van der Waals surface area contributed by atoms with Gasteiger partial charge in [-0.3, -0.25) is 4.79 Å². The summed E-state index contributed by atoms with van der Waals surface area (Å²) in [6.07, 6.45) is 3.77. The van der Waals surface area contributed by atoms with E-state index in [2.05, 4.69) is 10.6 Å². The average Bonchev–Trinajstić information content (AvgIpc) is 2.79. The number of nitrogens with one attached hydrogen (secondary N) is 2. The van der Waals surface area contributed by atoms with Gasteiger partial charge in [0.25, 0.3) is 0 Å². The summed E-state index contributed by atoms with van der Waals surface area (Å²) in [4.78, 5) is 11.7. The maximum absolute atomic E-state index is 11.7. The van der Waals surface area contributed by atoms with E-state index in [1.807, 2.05) is 0 Å². The molecule has 0 radical (unpaired) electrons. The Kier molecular flexibility index (Phi) is 4.80. The van der Waals surface area contributed by atoms with E-state index in [1.54, 1.807) is 24.3 Å². The van der Waals surface area contributed by atoms with Crippen LogP contribution in [0.25, 0.3) is 0 Å². The highest BCUT2D eigenvalue weighted by molar-refractivity contribution is 6.30. The smallest absolute Gasteiger partial charge is 0.238 e. The quantitative estimate of drug-likeness (QED) is 0.776. The summed E-state index contributed by atoms with van der Waals surface area (Å²) in [5.74, 6) is -0.121. The largest absolute Gasteiger partial charge is 0.389 e. The molecule has 0 unspecified atom stereocenters. The van der Waals surface area contributed by atoms with Gasteiger partial charge in [0.15, 0.2) is 0 Å². The summed E-state index contributed by atoms with van der Waals surface area (Å²) < 4.78 is 0. The van der Waals surface area contributed by atoms with E-state index in [0.717, 1.165) is 31.4 Å². The highest BCUT2D eigenvalue weighted by atomic mass is 35.5. The van der Waals surface area contributed by atoms with Gasteiger partial charge in [0.05, 0.1) is 12.1 Å². The minimum atomic E-state index is -0.624. The standard InChI is InChI=1S/C14H19ClN2O2/c15-11-3-5-12(6-4-11)17-13(18)9-16-10-14(19)7-1-2-8-14/h3-6,16,19H,1-2,7-10H2,(H,17,18). The Bertz CT molecular complexity index is 428. The first kappa shape index (κ1) is 14.3. The third-order valence-electron chi connectivity index (χ3n) is 3.40. The van der Waals surface area contributed by atoms with Crippen molar-refractivity contribution in [1.82, 2.24) is 5.32 Å². The van der Waals surface area contributed by atoms with Crippen LogP contribution in [-0.2, 0) is 4.79 Å². The molecular formula is C14H19ClN2O2. The van der Waals surface area contributed by atoms with Crippen molar-refractivity contribution < 1.29 is 9.90 Å². The van der Waals surface area contributed by atoms with Crippen molar-refractivity contribution in [3.8, 4) is 0 Å². The molecule has 0 spiro atoms. The number of aliphatic hydroxyl groups is 1. The number of halogens is 1. The molecule has 1 fully saturated rings. The fourth-order valence-corrected chi connectivity index (χ4v) is 2.48. The molecule has 1 amide bonds. The van der Waals surface area contributed by atoms with Gasteiger partial charge in [-0.15, -0.1) is 0 Å². The van der Waals surface area contributed by atoms with E-state index in [0.29, 0.717) is 11.6 Å². The topological polar surface area (TPSA) is 61.4 Å². The fourth-order valence-electron chi connectivity index (χ4n) is 2.36. The number of hydrogen-bond donors (Lipinski definition) is 3. The first-order valence-corrected chi connectivity index (χ1v) is 6.94. The second-order valence-corrected chi connectivity index (χ2v) is 5.53. The second kappa shape index (κ2) is 6.37. The third kappa shape index (κ3) is 4.49. The van der Waals surface area contributed by atoms with Crippen LogP contribution in [0, 0.1) is 0 Å². The summed E-state index contributed by atoms with van der Waals surface area (Å²) in [6, 6.07) is 6.97. The maximum atomic E-state index is 11.7. The van der Waals surface area contributed by atoms with Crippen molar-refractivity contribution in [2.45, 2.75) is 31.3 Å². The van der Waals surface area contributed by atoms with E-state index in [1.165, 1.54) is 0 Å². The van der Waals surface area contributed by atoms with E-state index < -0.39 is 5.60 Å². The predicted octanol–water partition coefficient (Wildman–Crippen LogP) is 2.17. The number of hydrogen-bond acceptors (Lipinski definition) is 3. The Balaban J connectivity index is 1.71. The van der Waals surface area contributed by atoms with Crippen LogP contribution in [-0.4, -0.2) is 29.7 Å². The third-order valence-corrected chi connectivity index (χ3v) is 3.65. The minimum absolute atomic E-state index is 0.121. The van der Waals surface area contributed by atoms with Crippen LogP contribution in [0.3, 0.4) is 0 Å². The lowest BCUT2D eigenvalue weighted by Crippen LogP contribution is -2.41. The summed E-state index contributed by atoms with van der Waals surface area (Å²) in [5.41, 5.74) is 0.0939. The van der Waals surface area contributed by atoms with Gasteiger partial charge in [-0.25, -0.2) is 0 Å². The molecule has 0 aliphatic heterocycles. The van der Waals surface area contributed by atoms with Gasteiger partial charge < -0.3 is 15.7 Å². The Labute approximate surface area is 118 Å². The Hall–Kier alpha value is -1.10. The van der Waals surface area contributed by atoms with Crippen molar-refractivity contribution in [2.24, 2.45) is 0 Å². The van der Waals surface area contributed by atoms with Crippen molar-refractivity contribution in [2.75, 3.05) is 18.4 Å². The molecule has 0 heterocycles. The summed E-state index contributed by atoms with van der Waals surface area (Å²) >= 11 is 5.77. The molecule has 1 aliphatic rings. The molecule has 0 bridgehead atoms. The van der Waals surface area contributed by atoms with Crippen LogP contribution in [0.2, 0.25) is 5.02 Å². The van der Waals surface area contributed by atoms with Crippen LogP contribution in [0.15, 0.2) is 24.3 Å². The zero-order valence-corrected chi connectivity index (χ0v) is 11.5. The van der Waals surface area contributed by atoms with E-state index in [4.69, 9.17) is 11.6 Å². The van der Waals surface area contributed by atoms with Crippen LogP contribution in [0.4, 0.5) is 5.69 Å². The van der Waals surface area contributed by atoms with Gasteiger partial charge in [-0.05, 0) is 37.1 Å². The lowest BCUT2D eigenvalue weighted by atomic mass is 10.0. The number of rotatable bonds is 5. The van der Waals surface area contributed by atoms with E-state index in [9.17, 15) is 9.90 Å². The highest BCUT2D eigenvalue weighted by Crippen LogP contribution is 2.28. The fraction of sp³-hybridized carbons (Fsp3) is 0.500. The Morgan fingerprint density at radius 3 is 2.53 bits per heavy atom. The molecule has 1 aromatic carbocycles. The van der Waals surface area contributed by atoms with Crippen molar-refractivity contribution in [1.29, 1.82) is 0 Å². The number of benzene rings is 1. The van der Waals surface area contributed by atoms with Gasteiger partial charge in [-0.1, -0.05) is 24.4 Å². The monoisotopic (exact) mass is 282 g/mol. The summed E-state index contributed by atoms with van der Waals surface area (Å²) in [7, 11) is 0. The average molecular weight is 283 g/mol. The molecule has 1 saturated carbocycles. The molecule has 104 valence electrons. The first-order valence-electron chi connectivity index (χ1n) is 6.56. The molecule has 0 aromatic heterocycles. The second-order valence-electron chi connectivity index (χ2n) is 5.09. The van der Waals surface area contributed by atoms with E-state index in [-0.39, 0.29) is 12.5 Å². The highest BCUT2D eigenvalue weighted by Gasteiger charge is 2.30. The lowest BCUT2D eigenvalue weighted by Gasteiger charge is -2.22. The zero-order chi connectivity index (χ0) is 13.7. The lowest BCUT2D eigenvalue weighted by molar-refractivity contribution is -0.115. The van der Waals surface area contributed by atoms with Crippen molar-refractivity contribution in [3.63, 3.8) is 0 Å². The van der Waals surface area contributed by atoms with E-state index >= 15 is 0 Å². The summed E-state index contributed by atoms with van der Waals surface area (Å²) in [6.45, 7) is 0.673. The van der Waals surface area contributed by atoms with Crippen molar-refractivity contribution >= 4 is 23.2 Å². The number of amides is 1. The van der Waals surface area contributed by atoms with Gasteiger partial charge in [0.2, 0.25) is 5.91 Å². The van der Waals surface area contributed by atoms with Gasteiger partial charge in [0.1, 0.15) is 0 Å². The predicted molar refractivity (Wildman–Crippen MR) is 76.4 cm³/mol. The molecule has 3 N–H and O–H groups in total. The van der Waals surface area contributed by atoms with Crippen LogP contribution in [0.1, 0.15) is 25.7 Å². The van der Waals surface area contributed by atoms with Gasteiger partial charge in [0, 0.05) is 17.3 Å². The summed E-state index contributed by atoms with van der Waals surface area (Å²) in [5, 5.41) is 16.5. The molecular weight excluding hydrogens is 264 g/mol. The molecule has 1 aliphatic carbocycles.